The van der Waals surface area contributed by atoms with Gasteiger partial charge in [0.2, 0.25) is 10.0 Å². The molecule has 1 N–H and O–H groups in total. The third-order valence-electron chi connectivity index (χ3n) is 2.44. The molecule has 0 aliphatic rings. The summed E-state index contributed by atoms with van der Waals surface area (Å²) in [5.74, 6) is 1.14. The van der Waals surface area contributed by atoms with Crippen molar-refractivity contribution < 1.29 is 8.42 Å². The van der Waals surface area contributed by atoms with Gasteiger partial charge in [0.05, 0.1) is 4.90 Å². The normalized spacial score (nSPS) is 11.7. The standard InChI is InChI=1S/C12H18BrNO2S2/c1-17-10-4-2-3-9-14-18(15,16)12-7-5-11(13)6-8-12/h5-8,14H,2-4,9-10H2,1H3. The van der Waals surface area contributed by atoms with Crippen LogP contribution >= 0.6 is 27.7 Å². The number of benzene rings is 1. The van der Waals surface area contributed by atoms with Crippen molar-refractivity contribution in [3.8, 4) is 0 Å². The third-order valence-corrected chi connectivity index (χ3v) is 5.14. The smallest absolute Gasteiger partial charge is 0.211 e. The molecule has 0 saturated heterocycles. The molecular weight excluding hydrogens is 334 g/mol. The first-order chi connectivity index (χ1) is 8.56. The van der Waals surface area contributed by atoms with Crippen molar-refractivity contribution in [3.63, 3.8) is 0 Å². The Balaban J connectivity index is 2.38. The van der Waals surface area contributed by atoms with Crippen molar-refractivity contribution in [2.45, 2.75) is 24.2 Å². The van der Waals surface area contributed by atoms with Gasteiger partial charge in [0.15, 0.2) is 0 Å². The summed E-state index contributed by atoms with van der Waals surface area (Å²) >= 11 is 5.10. The SMILES string of the molecule is CSCCCCCNS(=O)(=O)c1ccc(Br)cc1. The van der Waals surface area contributed by atoms with E-state index in [-0.39, 0.29) is 0 Å². The molecule has 0 aliphatic carbocycles. The highest BCUT2D eigenvalue weighted by atomic mass is 79.9. The Kier molecular flexibility index (Phi) is 7.29. The Bertz CT molecular complexity index is 446. The van der Waals surface area contributed by atoms with Gasteiger partial charge in [0.1, 0.15) is 0 Å². The van der Waals surface area contributed by atoms with Gasteiger partial charge in [-0.25, -0.2) is 13.1 Å². The van der Waals surface area contributed by atoms with Crippen LogP contribution in [0.5, 0.6) is 0 Å². The molecule has 1 aromatic carbocycles. The minimum Gasteiger partial charge on any atom is -0.211 e. The van der Waals surface area contributed by atoms with Crippen molar-refractivity contribution in [3.05, 3.63) is 28.7 Å². The number of unbranched alkanes of at least 4 members (excludes halogenated alkanes) is 2. The number of nitrogens with one attached hydrogen (secondary N) is 1. The highest BCUT2D eigenvalue weighted by Gasteiger charge is 2.12. The molecule has 0 heterocycles. The molecule has 0 aliphatic heterocycles. The Morgan fingerprint density at radius 2 is 1.83 bits per heavy atom. The monoisotopic (exact) mass is 351 g/mol. The minimum absolute atomic E-state index is 0.315. The van der Waals surface area contributed by atoms with Gasteiger partial charge in [0, 0.05) is 11.0 Å². The van der Waals surface area contributed by atoms with Gasteiger partial charge in [-0.2, -0.15) is 11.8 Å². The molecule has 0 radical (unpaired) electrons. The second kappa shape index (κ2) is 8.19. The van der Waals surface area contributed by atoms with Crippen LogP contribution < -0.4 is 4.72 Å². The molecule has 0 fully saturated rings. The van der Waals surface area contributed by atoms with Crippen molar-refractivity contribution in [2.75, 3.05) is 18.6 Å². The zero-order valence-electron chi connectivity index (χ0n) is 10.4. The number of hydrogen-bond donors (Lipinski definition) is 1. The zero-order chi connectivity index (χ0) is 13.4. The van der Waals surface area contributed by atoms with Crippen LogP contribution in [0.15, 0.2) is 33.6 Å². The Hall–Kier alpha value is -0.0400. The van der Waals surface area contributed by atoms with E-state index in [1.807, 2.05) is 11.8 Å². The summed E-state index contributed by atoms with van der Waals surface area (Å²) in [6.07, 6.45) is 5.16. The number of rotatable bonds is 8. The first-order valence-electron chi connectivity index (χ1n) is 5.80. The predicted molar refractivity (Wildman–Crippen MR) is 81.6 cm³/mol. The predicted octanol–water partition coefficient (Wildman–Crippen LogP) is 3.26. The van der Waals surface area contributed by atoms with E-state index in [1.165, 1.54) is 0 Å². The molecule has 1 rings (SSSR count). The van der Waals surface area contributed by atoms with Crippen LogP contribution in [0.2, 0.25) is 0 Å². The van der Waals surface area contributed by atoms with Gasteiger partial charge in [0.25, 0.3) is 0 Å². The third kappa shape index (κ3) is 5.73. The van der Waals surface area contributed by atoms with E-state index < -0.39 is 10.0 Å². The molecule has 102 valence electrons. The van der Waals surface area contributed by atoms with Gasteiger partial charge in [-0.15, -0.1) is 0 Å². The summed E-state index contributed by atoms with van der Waals surface area (Å²) in [4.78, 5) is 0.315. The zero-order valence-corrected chi connectivity index (χ0v) is 13.6. The average molecular weight is 352 g/mol. The maximum Gasteiger partial charge on any atom is 0.240 e. The van der Waals surface area contributed by atoms with Crippen LogP contribution in [0.25, 0.3) is 0 Å². The molecule has 1 aromatic rings. The van der Waals surface area contributed by atoms with E-state index in [4.69, 9.17) is 0 Å². The summed E-state index contributed by atoms with van der Waals surface area (Å²) in [6, 6.07) is 6.65. The number of hydrogen-bond acceptors (Lipinski definition) is 3. The highest BCUT2D eigenvalue weighted by molar-refractivity contribution is 9.10. The molecule has 6 heteroatoms. The molecule has 18 heavy (non-hydrogen) atoms. The fourth-order valence-electron chi connectivity index (χ4n) is 1.45. The summed E-state index contributed by atoms with van der Waals surface area (Å²) in [5.41, 5.74) is 0. The topological polar surface area (TPSA) is 46.2 Å². The maximum absolute atomic E-state index is 11.9. The molecule has 0 unspecified atom stereocenters. The summed E-state index contributed by atoms with van der Waals surface area (Å²) in [5, 5.41) is 0. The van der Waals surface area contributed by atoms with E-state index >= 15 is 0 Å². The lowest BCUT2D eigenvalue weighted by Gasteiger charge is -2.06. The molecule has 0 saturated carbocycles. The van der Waals surface area contributed by atoms with Gasteiger partial charge in [-0.3, -0.25) is 0 Å². The van der Waals surface area contributed by atoms with Gasteiger partial charge in [-0.1, -0.05) is 22.4 Å². The second-order valence-electron chi connectivity index (χ2n) is 3.91. The van der Waals surface area contributed by atoms with Crippen molar-refractivity contribution in [2.24, 2.45) is 0 Å². The fraction of sp³-hybridized carbons (Fsp3) is 0.500. The van der Waals surface area contributed by atoms with E-state index in [1.54, 1.807) is 24.3 Å². The largest absolute Gasteiger partial charge is 0.240 e. The van der Waals surface area contributed by atoms with Gasteiger partial charge >= 0.3 is 0 Å². The number of thioether (sulfide) groups is 1. The molecule has 3 nitrogen and oxygen atoms in total. The first kappa shape index (κ1) is 16.0. The fourth-order valence-corrected chi connectivity index (χ4v) is 3.28. The summed E-state index contributed by atoms with van der Waals surface area (Å²) in [6.45, 7) is 0.507. The first-order valence-corrected chi connectivity index (χ1v) is 9.47. The van der Waals surface area contributed by atoms with Crippen LogP contribution in [-0.4, -0.2) is 27.0 Å². The summed E-state index contributed by atoms with van der Waals surface area (Å²) in [7, 11) is -3.35. The minimum atomic E-state index is -3.35. The lowest BCUT2D eigenvalue weighted by Crippen LogP contribution is -2.24. The van der Waals surface area contributed by atoms with Crippen LogP contribution in [0, 0.1) is 0 Å². The number of sulfonamides is 1. The number of halogens is 1. The van der Waals surface area contributed by atoms with E-state index in [0.29, 0.717) is 11.4 Å². The van der Waals surface area contributed by atoms with Gasteiger partial charge < -0.3 is 0 Å². The van der Waals surface area contributed by atoms with Crippen LogP contribution in [0.4, 0.5) is 0 Å². The molecule has 0 aromatic heterocycles. The van der Waals surface area contributed by atoms with Crippen molar-refractivity contribution in [1.29, 1.82) is 0 Å². The molecule has 0 spiro atoms. The second-order valence-corrected chi connectivity index (χ2v) is 7.57. The molecule has 0 bridgehead atoms. The Morgan fingerprint density at radius 1 is 1.17 bits per heavy atom. The lowest BCUT2D eigenvalue weighted by atomic mass is 10.2. The quantitative estimate of drug-likeness (QED) is 0.731. The highest BCUT2D eigenvalue weighted by Crippen LogP contribution is 2.14. The van der Waals surface area contributed by atoms with E-state index in [9.17, 15) is 8.42 Å². The lowest BCUT2D eigenvalue weighted by molar-refractivity contribution is 0.576. The molecular formula is C12H18BrNO2S2. The van der Waals surface area contributed by atoms with Crippen LogP contribution in [-0.2, 0) is 10.0 Å². The molecule has 0 atom stereocenters. The summed E-state index contributed by atoms with van der Waals surface area (Å²) < 4.78 is 27.3. The Morgan fingerprint density at radius 3 is 2.44 bits per heavy atom. The van der Waals surface area contributed by atoms with Crippen molar-refractivity contribution >= 4 is 37.7 Å². The average Bonchev–Trinajstić information content (AvgIpc) is 2.34. The Labute approximate surface area is 122 Å². The van der Waals surface area contributed by atoms with Crippen LogP contribution in [0.1, 0.15) is 19.3 Å². The maximum atomic E-state index is 11.9. The molecule has 0 amide bonds. The van der Waals surface area contributed by atoms with Crippen LogP contribution in [0.3, 0.4) is 0 Å². The van der Waals surface area contributed by atoms with Crippen molar-refractivity contribution in [1.82, 2.24) is 4.72 Å². The van der Waals surface area contributed by atoms with E-state index in [0.717, 1.165) is 29.5 Å². The van der Waals surface area contributed by atoms with E-state index in [2.05, 4.69) is 26.9 Å². The van der Waals surface area contributed by atoms with Gasteiger partial charge in [-0.05, 0) is 49.1 Å².